The van der Waals surface area contributed by atoms with Gasteiger partial charge in [-0.1, -0.05) is 49.5 Å². The first-order valence-electron chi connectivity index (χ1n) is 6.02. The van der Waals surface area contributed by atoms with Crippen molar-refractivity contribution in [1.29, 1.82) is 0 Å². The molecule has 1 aliphatic carbocycles. The standard InChI is InChI=1S/C14H13BrN2S/c1-8-7-10(8)13-16-12(11(15)14(18)17-13)9-5-3-2-4-6-9/h2-6,8,10H,7H2,1H3,(H,16,17,18). The lowest BCUT2D eigenvalue weighted by atomic mass is 10.1. The molecule has 2 aromatic rings. The molecule has 1 aromatic carbocycles. The number of nitrogens with one attached hydrogen (secondary N) is 1. The second kappa shape index (κ2) is 4.59. The molecule has 0 radical (unpaired) electrons. The lowest BCUT2D eigenvalue weighted by Gasteiger charge is -2.08. The number of halogens is 1. The van der Waals surface area contributed by atoms with Gasteiger partial charge in [0, 0.05) is 5.92 Å². The Bertz CT molecular complexity index is 636. The van der Waals surface area contributed by atoms with Crippen molar-refractivity contribution in [3.63, 3.8) is 0 Å². The van der Waals surface area contributed by atoms with E-state index in [4.69, 9.17) is 12.2 Å². The molecule has 92 valence electrons. The van der Waals surface area contributed by atoms with Gasteiger partial charge in [0.05, 0.1) is 10.2 Å². The quantitative estimate of drug-likeness (QED) is 0.813. The van der Waals surface area contributed by atoms with Gasteiger partial charge >= 0.3 is 0 Å². The maximum Gasteiger partial charge on any atom is 0.144 e. The molecular weight excluding hydrogens is 308 g/mol. The van der Waals surface area contributed by atoms with Crippen LogP contribution in [0.15, 0.2) is 34.8 Å². The fourth-order valence-corrected chi connectivity index (χ4v) is 2.78. The number of rotatable bonds is 2. The number of nitrogens with zero attached hydrogens (tertiary/aromatic N) is 1. The minimum atomic E-state index is 0.544. The summed E-state index contributed by atoms with van der Waals surface area (Å²) in [6.45, 7) is 2.24. The van der Waals surface area contributed by atoms with Crippen molar-refractivity contribution in [2.24, 2.45) is 5.92 Å². The Labute approximate surface area is 120 Å². The fourth-order valence-electron chi connectivity index (χ4n) is 2.16. The molecule has 0 saturated heterocycles. The van der Waals surface area contributed by atoms with Gasteiger partial charge in [-0.05, 0) is 33.8 Å². The van der Waals surface area contributed by atoms with Crippen LogP contribution in [0.2, 0.25) is 0 Å². The molecule has 2 unspecified atom stereocenters. The number of hydrogen-bond donors (Lipinski definition) is 1. The summed E-state index contributed by atoms with van der Waals surface area (Å²) in [5, 5.41) is 0. The zero-order valence-corrected chi connectivity index (χ0v) is 12.4. The Morgan fingerprint density at radius 3 is 2.61 bits per heavy atom. The average molecular weight is 321 g/mol. The summed E-state index contributed by atoms with van der Waals surface area (Å²) in [6.07, 6.45) is 1.20. The highest BCUT2D eigenvalue weighted by molar-refractivity contribution is 9.10. The lowest BCUT2D eigenvalue weighted by Crippen LogP contribution is -1.98. The van der Waals surface area contributed by atoms with Gasteiger partial charge in [-0.15, -0.1) is 0 Å². The summed E-state index contributed by atoms with van der Waals surface area (Å²) >= 11 is 8.87. The van der Waals surface area contributed by atoms with E-state index >= 15 is 0 Å². The van der Waals surface area contributed by atoms with Gasteiger partial charge < -0.3 is 4.98 Å². The lowest BCUT2D eigenvalue weighted by molar-refractivity contribution is 0.838. The van der Waals surface area contributed by atoms with Crippen molar-refractivity contribution >= 4 is 28.1 Å². The molecule has 0 spiro atoms. The predicted octanol–water partition coefficient (Wildman–Crippen LogP) is 4.69. The van der Waals surface area contributed by atoms with E-state index in [-0.39, 0.29) is 0 Å². The highest BCUT2D eigenvalue weighted by Gasteiger charge is 2.36. The number of benzene rings is 1. The van der Waals surface area contributed by atoms with Crippen LogP contribution >= 0.6 is 28.1 Å². The number of hydrogen-bond acceptors (Lipinski definition) is 2. The van der Waals surface area contributed by atoms with Crippen LogP contribution in [-0.4, -0.2) is 9.97 Å². The number of aromatic amines is 1. The minimum absolute atomic E-state index is 0.544. The van der Waals surface area contributed by atoms with Crippen LogP contribution in [0, 0.1) is 10.6 Å². The molecule has 0 aliphatic heterocycles. The molecule has 1 aliphatic rings. The first kappa shape index (κ1) is 12.1. The summed E-state index contributed by atoms with van der Waals surface area (Å²) in [7, 11) is 0. The smallest absolute Gasteiger partial charge is 0.144 e. The molecule has 0 amide bonds. The number of aromatic nitrogens is 2. The summed E-state index contributed by atoms with van der Waals surface area (Å²) < 4.78 is 1.52. The topological polar surface area (TPSA) is 28.7 Å². The zero-order valence-electron chi connectivity index (χ0n) is 9.98. The van der Waals surface area contributed by atoms with Crippen LogP contribution in [0.5, 0.6) is 0 Å². The third kappa shape index (κ3) is 2.15. The van der Waals surface area contributed by atoms with E-state index in [1.165, 1.54) is 6.42 Å². The van der Waals surface area contributed by atoms with Crippen LogP contribution in [0.25, 0.3) is 11.3 Å². The summed E-state index contributed by atoms with van der Waals surface area (Å²) in [4.78, 5) is 7.92. The van der Waals surface area contributed by atoms with Crippen molar-refractivity contribution < 1.29 is 0 Å². The van der Waals surface area contributed by atoms with Gasteiger partial charge in [0.25, 0.3) is 0 Å². The van der Waals surface area contributed by atoms with E-state index in [0.29, 0.717) is 16.5 Å². The molecule has 18 heavy (non-hydrogen) atoms. The first-order valence-corrected chi connectivity index (χ1v) is 7.22. The summed E-state index contributed by atoms with van der Waals surface area (Å²) in [5.41, 5.74) is 2.16. The number of H-pyrrole nitrogens is 1. The average Bonchev–Trinajstić information content (AvgIpc) is 3.11. The van der Waals surface area contributed by atoms with Gasteiger partial charge in [0.15, 0.2) is 0 Å². The monoisotopic (exact) mass is 320 g/mol. The fraction of sp³-hybridized carbons (Fsp3) is 0.286. The predicted molar refractivity (Wildman–Crippen MR) is 79.1 cm³/mol. The van der Waals surface area contributed by atoms with Crippen LogP contribution in [0.3, 0.4) is 0 Å². The van der Waals surface area contributed by atoms with Gasteiger partial charge in [0.1, 0.15) is 10.5 Å². The third-order valence-corrected chi connectivity index (χ3v) is 4.74. The zero-order chi connectivity index (χ0) is 12.7. The van der Waals surface area contributed by atoms with E-state index in [1.807, 2.05) is 18.2 Å². The second-order valence-corrected chi connectivity index (χ2v) is 5.98. The van der Waals surface area contributed by atoms with E-state index in [0.717, 1.165) is 21.6 Å². The SMILES string of the molecule is CC1CC1c1nc(=S)c(Br)c(-c2ccccc2)[nH]1. The summed E-state index contributed by atoms with van der Waals surface area (Å²) in [6, 6.07) is 10.2. The molecule has 0 bridgehead atoms. The molecule has 3 rings (SSSR count). The Kier molecular flexibility index (Phi) is 3.08. The molecule has 1 N–H and O–H groups in total. The van der Waals surface area contributed by atoms with Crippen molar-refractivity contribution in [1.82, 2.24) is 9.97 Å². The Morgan fingerprint density at radius 1 is 1.33 bits per heavy atom. The molecule has 1 fully saturated rings. The van der Waals surface area contributed by atoms with Gasteiger partial charge in [-0.25, -0.2) is 4.98 Å². The van der Waals surface area contributed by atoms with E-state index in [9.17, 15) is 0 Å². The van der Waals surface area contributed by atoms with Crippen LogP contribution in [0.4, 0.5) is 0 Å². The van der Waals surface area contributed by atoms with E-state index in [1.54, 1.807) is 0 Å². The second-order valence-electron chi connectivity index (χ2n) is 4.80. The normalized spacial score (nSPS) is 21.9. The Hall–Kier alpha value is -1.00. The molecule has 1 heterocycles. The highest BCUT2D eigenvalue weighted by atomic mass is 79.9. The molecule has 4 heteroatoms. The van der Waals surface area contributed by atoms with Crippen molar-refractivity contribution in [2.45, 2.75) is 19.3 Å². The van der Waals surface area contributed by atoms with Gasteiger partial charge in [0.2, 0.25) is 0 Å². The van der Waals surface area contributed by atoms with Crippen LogP contribution < -0.4 is 0 Å². The molecular formula is C14H13BrN2S. The van der Waals surface area contributed by atoms with E-state index < -0.39 is 0 Å². The summed E-state index contributed by atoms with van der Waals surface area (Å²) in [5.74, 6) is 2.28. The highest BCUT2D eigenvalue weighted by Crippen LogP contribution is 2.46. The third-order valence-electron chi connectivity index (χ3n) is 3.41. The van der Waals surface area contributed by atoms with E-state index in [2.05, 4.69) is 45.0 Å². The molecule has 2 nitrogen and oxygen atoms in total. The van der Waals surface area contributed by atoms with Crippen LogP contribution in [0.1, 0.15) is 25.1 Å². The minimum Gasteiger partial charge on any atom is -0.342 e. The van der Waals surface area contributed by atoms with Crippen LogP contribution in [-0.2, 0) is 0 Å². The largest absolute Gasteiger partial charge is 0.342 e. The Morgan fingerprint density at radius 2 is 2.00 bits per heavy atom. The van der Waals surface area contributed by atoms with Crippen molar-refractivity contribution in [3.8, 4) is 11.3 Å². The maximum absolute atomic E-state index is 5.34. The Balaban J connectivity index is 2.14. The molecule has 2 atom stereocenters. The van der Waals surface area contributed by atoms with Crippen molar-refractivity contribution in [3.05, 3.63) is 45.3 Å². The first-order chi connectivity index (χ1) is 8.66. The van der Waals surface area contributed by atoms with Crippen molar-refractivity contribution in [2.75, 3.05) is 0 Å². The van der Waals surface area contributed by atoms with Gasteiger partial charge in [-0.3, -0.25) is 0 Å². The molecule has 1 aromatic heterocycles. The molecule has 1 saturated carbocycles. The maximum atomic E-state index is 5.34. The van der Waals surface area contributed by atoms with Gasteiger partial charge in [-0.2, -0.15) is 0 Å².